The van der Waals surface area contributed by atoms with Crippen LogP contribution in [0.15, 0.2) is 18.6 Å². The van der Waals surface area contributed by atoms with Crippen LogP contribution in [0, 0.1) is 0 Å². The minimum atomic E-state index is -5.63. The highest BCUT2D eigenvalue weighted by molar-refractivity contribution is 5.53. The molecular formula is C10H8F6N4O. The fourth-order valence-corrected chi connectivity index (χ4v) is 1.53. The maximum Gasteiger partial charge on any atom is 0.434 e. The van der Waals surface area contributed by atoms with Crippen LogP contribution in [-0.4, -0.2) is 39.9 Å². The molecule has 21 heavy (non-hydrogen) atoms. The third-order valence-electron chi connectivity index (χ3n) is 2.42. The van der Waals surface area contributed by atoms with Crippen molar-refractivity contribution in [2.24, 2.45) is 0 Å². The number of alkyl halides is 6. The summed E-state index contributed by atoms with van der Waals surface area (Å²) in [5.41, 5.74) is -0.257. The molecular weight excluding hydrogens is 306 g/mol. The van der Waals surface area contributed by atoms with Gasteiger partial charge >= 0.3 is 12.4 Å². The van der Waals surface area contributed by atoms with Crippen LogP contribution in [0.2, 0.25) is 0 Å². The zero-order chi connectivity index (χ0) is 15.8. The van der Waals surface area contributed by atoms with Gasteiger partial charge in [-0.3, -0.25) is 4.40 Å². The van der Waals surface area contributed by atoms with E-state index < -0.39 is 24.3 Å². The number of ether oxygens (including phenoxy) is 1. The number of imidazole rings is 1. The quantitative estimate of drug-likeness (QED) is 0.885. The molecule has 0 saturated carbocycles. The monoisotopic (exact) mass is 314 g/mol. The van der Waals surface area contributed by atoms with Crippen molar-refractivity contribution in [3.8, 4) is 5.88 Å². The summed E-state index contributed by atoms with van der Waals surface area (Å²) >= 11 is 0. The van der Waals surface area contributed by atoms with Crippen LogP contribution in [0.4, 0.5) is 32.2 Å². The molecule has 11 heteroatoms. The lowest BCUT2D eigenvalue weighted by atomic mass is 10.3. The Balaban J connectivity index is 2.48. The Hall–Kier alpha value is -2.20. The molecule has 0 spiro atoms. The second kappa shape index (κ2) is 4.97. The van der Waals surface area contributed by atoms with Crippen molar-refractivity contribution in [2.45, 2.75) is 18.5 Å². The zero-order valence-corrected chi connectivity index (χ0v) is 10.3. The highest BCUT2D eigenvalue weighted by atomic mass is 19.4. The normalized spacial score (nSPS) is 13.0. The van der Waals surface area contributed by atoms with Gasteiger partial charge in [0.1, 0.15) is 5.82 Å². The zero-order valence-electron chi connectivity index (χ0n) is 10.3. The first kappa shape index (κ1) is 15.2. The Kier molecular flexibility index (Phi) is 3.59. The van der Waals surface area contributed by atoms with Crippen molar-refractivity contribution >= 4 is 11.5 Å². The Bertz CT molecular complexity index is 620. The molecule has 0 aromatic carbocycles. The van der Waals surface area contributed by atoms with E-state index in [1.54, 1.807) is 0 Å². The number of fused-ring (bicyclic) bond motifs is 1. The lowest BCUT2D eigenvalue weighted by Crippen LogP contribution is -2.46. The molecule has 0 amide bonds. The first-order valence-corrected chi connectivity index (χ1v) is 5.44. The van der Waals surface area contributed by atoms with Crippen LogP contribution in [0.25, 0.3) is 5.65 Å². The largest absolute Gasteiger partial charge is 0.452 e. The highest BCUT2D eigenvalue weighted by Crippen LogP contribution is 2.37. The molecule has 0 atom stereocenters. The third kappa shape index (κ3) is 3.11. The van der Waals surface area contributed by atoms with Crippen LogP contribution in [0.3, 0.4) is 0 Å². The standard InChI is InChI=1S/C10H8F6N4O/c1-17-5-4-20-3-2-18-6(20)7(19-5)21-8(9(11,12)13)10(14,15)16/h2-4,8,17H,1H3. The summed E-state index contributed by atoms with van der Waals surface area (Å²) in [7, 11) is 1.40. The molecule has 2 aromatic heterocycles. The van der Waals surface area contributed by atoms with Crippen molar-refractivity contribution in [3.05, 3.63) is 18.6 Å². The fourth-order valence-electron chi connectivity index (χ4n) is 1.53. The maximum atomic E-state index is 12.5. The molecule has 2 heterocycles. The van der Waals surface area contributed by atoms with E-state index in [1.165, 1.54) is 30.0 Å². The van der Waals surface area contributed by atoms with Gasteiger partial charge in [-0.2, -0.15) is 31.3 Å². The first-order chi connectivity index (χ1) is 9.63. The molecule has 0 bridgehead atoms. The van der Waals surface area contributed by atoms with Crippen LogP contribution in [-0.2, 0) is 0 Å². The molecule has 2 rings (SSSR count). The summed E-state index contributed by atoms with van der Waals surface area (Å²) in [5.74, 6) is -0.843. The van der Waals surface area contributed by atoms with Crippen molar-refractivity contribution < 1.29 is 31.1 Å². The van der Waals surface area contributed by atoms with E-state index in [2.05, 4.69) is 20.0 Å². The number of rotatable bonds is 3. The Morgan fingerprint density at radius 3 is 2.33 bits per heavy atom. The number of nitrogens with zero attached hydrogens (tertiary/aromatic N) is 3. The lowest BCUT2D eigenvalue weighted by molar-refractivity contribution is -0.300. The molecule has 1 N–H and O–H groups in total. The van der Waals surface area contributed by atoms with Gasteiger partial charge in [-0.1, -0.05) is 0 Å². The summed E-state index contributed by atoms with van der Waals surface area (Å²) in [6, 6.07) is 0. The SMILES string of the molecule is CNc1cn2ccnc2c(OC(C(F)(F)F)C(F)(F)F)n1. The first-order valence-electron chi connectivity index (χ1n) is 5.44. The molecule has 2 aromatic rings. The minimum Gasteiger partial charge on any atom is -0.452 e. The average Bonchev–Trinajstić information content (AvgIpc) is 2.80. The van der Waals surface area contributed by atoms with E-state index in [9.17, 15) is 26.3 Å². The van der Waals surface area contributed by atoms with E-state index >= 15 is 0 Å². The summed E-state index contributed by atoms with van der Waals surface area (Å²) < 4.78 is 80.2. The van der Waals surface area contributed by atoms with Gasteiger partial charge in [0.25, 0.3) is 12.0 Å². The molecule has 0 unspecified atom stereocenters. The number of nitrogens with one attached hydrogen (secondary N) is 1. The number of hydrogen-bond donors (Lipinski definition) is 1. The van der Waals surface area contributed by atoms with Crippen LogP contribution in [0.5, 0.6) is 5.88 Å². The molecule has 0 aliphatic rings. The van der Waals surface area contributed by atoms with Gasteiger partial charge in [0.2, 0.25) is 5.65 Å². The van der Waals surface area contributed by atoms with Gasteiger partial charge in [-0.15, -0.1) is 0 Å². The Morgan fingerprint density at radius 2 is 1.81 bits per heavy atom. The second-order valence-corrected chi connectivity index (χ2v) is 3.92. The highest BCUT2D eigenvalue weighted by Gasteiger charge is 2.59. The molecule has 5 nitrogen and oxygen atoms in total. The molecule has 0 aliphatic carbocycles. The van der Waals surface area contributed by atoms with E-state index in [1.807, 2.05) is 0 Å². The summed E-state index contributed by atoms with van der Waals surface area (Å²) in [6.45, 7) is 0. The van der Waals surface area contributed by atoms with Gasteiger partial charge in [0.05, 0.1) is 6.20 Å². The molecule has 0 aliphatic heterocycles. The van der Waals surface area contributed by atoms with Crippen molar-refractivity contribution in [1.29, 1.82) is 0 Å². The number of anilines is 1. The summed E-state index contributed by atoms with van der Waals surface area (Å²) in [5, 5.41) is 2.50. The van der Waals surface area contributed by atoms with Crippen molar-refractivity contribution in [1.82, 2.24) is 14.4 Å². The lowest BCUT2D eigenvalue weighted by Gasteiger charge is -2.23. The Labute approximate surface area is 113 Å². The summed E-state index contributed by atoms with van der Waals surface area (Å²) in [4.78, 5) is 7.17. The number of aromatic nitrogens is 3. The number of halogens is 6. The predicted octanol–water partition coefficient (Wildman–Crippen LogP) is 2.64. The van der Waals surface area contributed by atoms with Gasteiger partial charge in [-0.25, -0.2) is 4.98 Å². The van der Waals surface area contributed by atoms with Crippen molar-refractivity contribution in [3.63, 3.8) is 0 Å². The van der Waals surface area contributed by atoms with E-state index in [0.29, 0.717) is 0 Å². The summed E-state index contributed by atoms with van der Waals surface area (Å²) in [6.07, 6.45) is -11.4. The molecule has 116 valence electrons. The van der Waals surface area contributed by atoms with Gasteiger partial charge in [0, 0.05) is 19.4 Å². The molecule has 0 radical (unpaired) electrons. The predicted molar refractivity (Wildman–Crippen MR) is 59.1 cm³/mol. The van der Waals surface area contributed by atoms with Crippen LogP contribution >= 0.6 is 0 Å². The van der Waals surface area contributed by atoms with Gasteiger partial charge in [0.15, 0.2) is 0 Å². The van der Waals surface area contributed by atoms with Crippen LogP contribution in [0.1, 0.15) is 0 Å². The van der Waals surface area contributed by atoms with E-state index in [-0.39, 0.29) is 11.5 Å². The maximum absolute atomic E-state index is 12.5. The number of hydrogen-bond acceptors (Lipinski definition) is 4. The van der Waals surface area contributed by atoms with Crippen LogP contribution < -0.4 is 10.1 Å². The fraction of sp³-hybridized carbons (Fsp3) is 0.400. The van der Waals surface area contributed by atoms with Crippen molar-refractivity contribution in [2.75, 3.05) is 12.4 Å². The van der Waals surface area contributed by atoms with E-state index in [0.717, 1.165) is 0 Å². The smallest absolute Gasteiger partial charge is 0.434 e. The minimum absolute atomic E-state index is 0.0265. The third-order valence-corrected chi connectivity index (χ3v) is 2.42. The average molecular weight is 314 g/mol. The molecule has 0 fully saturated rings. The van der Waals surface area contributed by atoms with Gasteiger partial charge in [-0.05, 0) is 0 Å². The Morgan fingerprint density at radius 1 is 1.19 bits per heavy atom. The topological polar surface area (TPSA) is 51.5 Å². The second-order valence-electron chi connectivity index (χ2n) is 3.92. The van der Waals surface area contributed by atoms with E-state index in [4.69, 9.17) is 0 Å². The molecule has 0 saturated heterocycles. The van der Waals surface area contributed by atoms with Gasteiger partial charge < -0.3 is 10.1 Å².